The van der Waals surface area contributed by atoms with Crippen LogP contribution in [0.1, 0.15) is 39.8 Å². The van der Waals surface area contributed by atoms with Gasteiger partial charge >= 0.3 is 5.97 Å². The Labute approximate surface area is 193 Å². The van der Waals surface area contributed by atoms with Crippen LogP contribution in [-0.4, -0.2) is 35.7 Å². The molecule has 6 heteroatoms. The van der Waals surface area contributed by atoms with Gasteiger partial charge in [0.25, 0.3) is 0 Å². The number of carboxylic acid groups (broad SMARTS) is 1. The summed E-state index contributed by atoms with van der Waals surface area (Å²) in [5.74, 6) is -1.63. The number of carboxylic acids is 1. The molecule has 4 N–H and O–H groups in total. The Kier molecular flexibility index (Phi) is 3.39. The number of hydrogen-bond donors (Lipinski definition) is 4. The lowest BCUT2D eigenvalue weighted by atomic mass is 10.0. The van der Waals surface area contributed by atoms with Crippen molar-refractivity contribution in [1.29, 1.82) is 0 Å². The van der Waals surface area contributed by atoms with E-state index in [0.29, 0.717) is 0 Å². The van der Waals surface area contributed by atoms with E-state index in [0.717, 1.165) is 0 Å². The molecular formula is C23H23ClN2O3. The van der Waals surface area contributed by atoms with E-state index in [-0.39, 0.29) is 16.8 Å². The molecule has 5 nitrogen and oxygen atoms in total. The number of benzene rings is 3. The Morgan fingerprint density at radius 2 is 2.03 bits per heavy atom. The van der Waals surface area contributed by atoms with Gasteiger partial charge in [-0.1, -0.05) is 47.9 Å². The third-order valence-electron chi connectivity index (χ3n) is 3.44. The highest BCUT2D eigenvalue weighted by Gasteiger charge is 2.07. The first-order valence-electron chi connectivity index (χ1n) is 14.6. The zero-order valence-corrected chi connectivity index (χ0v) is 15.5. The zero-order valence-electron chi connectivity index (χ0n) is 27.7. The molecule has 0 fully saturated rings. The van der Waals surface area contributed by atoms with Crippen molar-refractivity contribution < 1.29 is 32.8 Å². The third-order valence-corrected chi connectivity index (χ3v) is 3.63. The van der Waals surface area contributed by atoms with Gasteiger partial charge in [0.05, 0.1) is 26.7 Å². The molecule has 0 aliphatic heterocycles. The van der Waals surface area contributed by atoms with Gasteiger partial charge in [0.15, 0.2) is 0 Å². The number of hydrogen-bond acceptors (Lipinski definition) is 4. The Morgan fingerprint density at radius 3 is 2.86 bits per heavy atom. The average molecular weight is 424 g/mol. The van der Waals surface area contributed by atoms with Crippen LogP contribution in [0.2, 0.25) is 5.02 Å². The molecule has 0 aliphatic rings. The van der Waals surface area contributed by atoms with Crippen LogP contribution in [0.4, 0.5) is 5.69 Å². The Balaban J connectivity index is 1.91. The monoisotopic (exact) mass is 423 g/mol. The summed E-state index contributed by atoms with van der Waals surface area (Å²) in [6.45, 7) is -6.68. The molecule has 0 radical (unpaired) electrons. The van der Waals surface area contributed by atoms with Crippen LogP contribution in [-0.2, 0) is 0 Å². The topological polar surface area (TPSA) is 81.6 Å². The quantitative estimate of drug-likeness (QED) is 0.409. The molecule has 0 saturated carbocycles. The normalized spacial score (nSPS) is 20.3. The van der Waals surface area contributed by atoms with Crippen molar-refractivity contribution in [2.75, 3.05) is 24.9 Å². The summed E-state index contributed by atoms with van der Waals surface area (Å²) in [6.07, 6.45) is -3.43. The molecule has 0 bridgehead atoms. The molecule has 0 spiro atoms. The van der Waals surface area contributed by atoms with Crippen molar-refractivity contribution in [1.82, 2.24) is 5.32 Å². The standard InChI is InChI=1S/C23H23ClN2O3/c24-20-8-2-6-18(13-20)22(27)15-25-10-11-26-21-9-3-5-17(14-21)16-4-1-7-19(12-16)23(28)29/h1-9,12-14,22,25-27H,10-11,15H2,(H,28,29)/t22-/m0/s1/i1D,2D,4D,6D,7D,8D,11D2,12D,13D,15D2,22D. The maximum atomic E-state index is 11.6. The molecule has 0 heterocycles. The van der Waals surface area contributed by atoms with Crippen LogP contribution in [0.15, 0.2) is 72.6 Å². The highest BCUT2D eigenvalue weighted by Crippen LogP contribution is 2.23. The SMILES string of the molecule is [2H]c1c([2H])c(C(=O)O)c([2H])c(-c2cccc(NC([2H])([2H])CNC([2H])([2H])[C@]([2H])(O)c3c([2H])c([2H])c([2H])c(Cl)c3[2H])c2)c1[2H]. The summed E-state index contributed by atoms with van der Waals surface area (Å²) in [6, 6.07) is -0.872. The van der Waals surface area contributed by atoms with Crippen molar-refractivity contribution in [3.8, 4) is 11.1 Å². The Morgan fingerprint density at radius 1 is 1.21 bits per heavy atom. The molecule has 0 amide bonds. The predicted molar refractivity (Wildman–Crippen MR) is 117 cm³/mol. The minimum atomic E-state index is -3.43. The molecule has 29 heavy (non-hydrogen) atoms. The second-order valence-electron chi connectivity index (χ2n) is 5.45. The number of aliphatic hydroxyl groups is 1. The number of carbonyl (C=O) groups is 1. The van der Waals surface area contributed by atoms with E-state index in [4.69, 9.17) is 29.4 Å². The van der Waals surface area contributed by atoms with Gasteiger partial charge in [-0.25, -0.2) is 4.79 Å². The van der Waals surface area contributed by atoms with Crippen LogP contribution >= 0.6 is 11.6 Å². The van der Waals surface area contributed by atoms with E-state index >= 15 is 0 Å². The van der Waals surface area contributed by atoms with Crippen LogP contribution < -0.4 is 10.6 Å². The van der Waals surface area contributed by atoms with E-state index in [2.05, 4.69) is 5.32 Å². The highest BCUT2D eigenvalue weighted by atomic mass is 35.5. The first kappa shape index (κ1) is 9.76. The molecule has 0 aromatic heterocycles. The van der Waals surface area contributed by atoms with Crippen LogP contribution in [0.25, 0.3) is 11.1 Å². The number of anilines is 1. The van der Waals surface area contributed by atoms with Gasteiger partial charge in [0.2, 0.25) is 0 Å². The van der Waals surface area contributed by atoms with Gasteiger partial charge < -0.3 is 20.8 Å². The van der Waals surface area contributed by atoms with E-state index in [1.807, 2.05) is 5.32 Å². The largest absolute Gasteiger partial charge is 0.478 e. The summed E-state index contributed by atoms with van der Waals surface area (Å²) in [5, 5.41) is 23.9. The Hall–Kier alpha value is -2.86. The van der Waals surface area contributed by atoms with Crippen LogP contribution in [0.3, 0.4) is 0 Å². The van der Waals surface area contributed by atoms with Gasteiger partial charge in [-0.15, -0.1) is 0 Å². The summed E-state index contributed by atoms with van der Waals surface area (Å²) in [5.41, 5.74) is -2.00. The number of halogens is 1. The summed E-state index contributed by atoms with van der Waals surface area (Å²) in [4.78, 5) is 11.6. The zero-order chi connectivity index (χ0) is 32.1. The fourth-order valence-corrected chi connectivity index (χ4v) is 2.31. The first-order chi connectivity index (χ1) is 19.2. The van der Waals surface area contributed by atoms with Gasteiger partial charge in [0.1, 0.15) is 0 Å². The summed E-state index contributed by atoms with van der Waals surface area (Å²) < 4.78 is 105. The van der Waals surface area contributed by atoms with E-state index in [1.165, 1.54) is 24.3 Å². The van der Waals surface area contributed by atoms with Gasteiger partial charge in [-0.2, -0.15) is 0 Å². The second kappa shape index (κ2) is 10.1. The molecule has 3 aromatic rings. The fourth-order valence-electron chi connectivity index (χ4n) is 2.17. The molecule has 0 unspecified atom stereocenters. The lowest BCUT2D eigenvalue weighted by Gasteiger charge is -2.13. The minimum absolute atomic E-state index is 0.0108. The molecular weight excluding hydrogens is 388 g/mol. The van der Waals surface area contributed by atoms with Crippen LogP contribution in [0.5, 0.6) is 0 Å². The molecule has 3 aromatic carbocycles. The van der Waals surface area contributed by atoms with Crippen molar-refractivity contribution in [2.24, 2.45) is 0 Å². The smallest absolute Gasteiger partial charge is 0.335 e. The highest BCUT2D eigenvalue weighted by molar-refractivity contribution is 6.30. The first-order valence-corrected chi connectivity index (χ1v) is 8.50. The summed E-state index contributed by atoms with van der Waals surface area (Å²) >= 11 is 5.82. The van der Waals surface area contributed by atoms with E-state index in [1.54, 1.807) is 0 Å². The van der Waals surface area contributed by atoms with Crippen molar-refractivity contribution >= 4 is 23.3 Å². The maximum Gasteiger partial charge on any atom is 0.335 e. The number of aromatic carboxylic acids is 1. The van der Waals surface area contributed by atoms with Crippen molar-refractivity contribution in [2.45, 2.75) is 6.08 Å². The number of rotatable bonds is 9. The Bertz CT molecular complexity index is 1560. The molecule has 3 rings (SSSR count). The van der Waals surface area contributed by atoms with Gasteiger partial charge in [0, 0.05) is 33.0 Å². The molecule has 1 atom stereocenters. The lowest BCUT2D eigenvalue weighted by Crippen LogP contribution is -2.26. The fraction of sp³-hybridized carbons (Fsp3) is 0.174. The molecule has 0 saturated heterocycles. The van der Waals surface area contributed by atoms with Gasteiger partial charge in [-0.05, 0) is 53.0 Å². The average Bonchev–Trinajstić information content (AvgIpc) is 2.88. The maximum absolute atomic E-state index is 11.6. The second-order valence-corrected chi connectivity index (χ2v) is 5.83. The van der Waals surface area contributed by atoms with E-state index in [9.17, 15) is 15.0 Å². The van der Waals surface area contributed by atoms with Crippen molar-refractivity contribution in [3.05, 3.63) is 88.8 Å². The lowest BCUT2D eigenvalue weighted by molar-refractivity contribution is 0.0697. The summed E-state index contributed by atoms with van der Waals surface area (Å²) in [7, 11) is 0. The van der Waals surface area contributed by atoms with Gasteiger partial charge in [-0.3, -0.25) is 0 Å². The minimum Gasteiger partial charge on any atom is -0.478 e. The molecule has 150 valence electrons. The van der Waals surface area contributed by atoms with Crippen LogP contribution in [0, 0.1) is 0 Å². The molecule has 0 aliphatic carbocycles. The predicted octanol–water partition coefficient (Wildman–Crippen LogP) is 4.44. The van der Waals surface area contributed by atoms with Crippen molar-refractivity contribution in [3.63, 3.8) is 0 Å². The number of nitrogens with one attached hydrogen (secondary N) is 2. The third kappa shape index (κ3) is 6.06. The van der Waals surface area contributed by atoms with E-state index < -0.39 is 96.1 Å².